The van der Waals surface area contributed by atoms with Crippen LogP contribution in [0.5, 0.6) is 0 Å². The van der Waals surface area contributed by atoms with Crippen LogP contribution < -0.4 is 59.1 Å². The Hall–Kier alpha value is 0.850. The molecule has 0 heterocycles. The van der Waals surface area contributed by atoms with Gasteiger partial charge in [-0.15, -0.1) is 0 Å². The molecule has 0 radical (unpaired) electrons. The first-order valence-electron chi connectivity index (χ1n) is 9.13. The maximum Gasteiger partial charge on any atom is 1.00 e. The number of ether oxygens (including phenoxy) is 1. The van der Waals surface area contributed by atoms with Gasteiger partial charge in [-0.2, -0.15) is 8.42 Å². The zero-order chi connectivity index (χ0) is 19.1. The van der Waals surface area contributed by atoms with E-state index >= 15 is 0 Å². The monoisotopic (exact) mass is 428 g/mol. The molecule has 0 spiro atoms. The third-order valence-corrected chi connectivity index (χ3v) is 5.05. The first-order valence-corrected chi connectivity index (χ1v) is 10.6. The van der Waals surface area contributed by atoms with E-state index in [9.17, 15) is 18.0 Å². The van der Waals surface area contributed by atoms with Crippen LogP contribution in [0.25, 0.3) is 0 Å². The van der Waals surface area contributed by atoms with Crippen LogP contribution in [-0.4, -0.2) is 41.9 Å². The number of carboxylic acid groups (broad SMARTS) is 1. The van der Waals surface area contributed by atoms with Gasteiger partial charge in [0.1, 0.15) is 0 Å². The Labute approximate surface area is 210 Å². The molecule has 0 amide bonds. The number of unbranched alkanes of at least 4 members (excludes halogenated alkanes) is 10. The number of carbonyl (C=O) groups excluding carboxylic acids is 1. The van der Waals surface area contributed by atoms with Gasteiger partial charge in [0.15, 0.2) is 5.25 Å². The van der Waals surface area contributed by atoms with E-state index in [1.54, 1.807) is 0 Å². The van der Waals surface area contributed by atoms with Crippen molar-refractivity contribution in [2.45, 2.75) is 89.2 Å². The molecule has 0 saturated heterocycles. The fourth-order valence-corrected chi connectivity index (χ4v) is 3.17. The summed E-state index contributed by atoms with van der Waals surface area (Å²) >= 11 is 0. The van der Waals surface area contributed by atoms with Gasteiger partial charge in [-0.1, -0.05) is 71.1 Å². The number of rotatable bonds is 16. The molecule has 152 valence electrons. The van der Waals surface area contributed by atoms with E-state index in [0.717, 1.165) is 19.3 Å². The molecule has 0 aromatic carbocycles. The van der Waals surface area contributed by atoms with E-state index in [1.165, 1.54) is 44.9 Å². The average molecular weight is 428 g/mol. The van der Waals surface area contributed by atoms with Crippen LogP contribution in [0.4, 0.5) is 0 Å². The van der Waals surface area contributed by atoms with Gasteiger partial charge in [0.2, 0.25) is 0 Å². The maximum absolute atomic E-state index is 11.6. The van der Waals surface area contributed by atoms with Gasteiger partial charge >= 0.3 is 71.1 Å². The van der Waals surface area contributed by atoms with Crippen molar-refractivity contribution < 1.29 is 94.4 Å². The van der Waals surface area contributed by atoms with Crippen molar-refractivity contribution in [3.05, 3.63) is 0 Å². The molecule has 2 N–H and O–H groups in total. The predicted octanol–water partition coefficient (Wildman–Crippen LogP) is -2.20. The quantitative estimate of drug-likeness (QED) is 0.124. The van der Waals surface area contributed by atoms with Crippen molar-refractivity contribution in [1.29, 1.82) is 0 Å². The normalized spacial score (nSPS) is 11.8. The summed E-state index contributed by atoms with van der Waals surface area (Å²) in [7, 11) is -4.78. The number of hydrogen-bond acceptors (Lipinski definition) is 5. The molecule has 0 aliphatic heterocycles. The molecular formula is C17H34Na2O7S. The topological polar surface area (TPSA) is 118 Å². The zero-order valence-corrected chi connectivity index (χ0v) is 21.9. The van der Waals surface area contributed by atoms with Gasteiger partial charge in [0, 0.05) is 0 Å². The second-order valence-corrected chi connectivity index (χ2v) is 7.90. The summed E-state index contributed by atoms with van der Waals surface area (Å²) in [6, 6.07) is 0. The van der Waals surface area contributed by atoms with E-state index in [4.69, 9.17) is 14.4 Å². The third-order valence-electron chi connectivity index (χ3n) is 3.97. The standard InChI is InChI=1S/C17H32O7S.2Na.2H/c1-2-3-4-5-6-7-8-9-10-11-12-13-24-17(20)15(14-16(18)19)25(21,22)23;;;;/h15H,2-14H2,1H3,(H,18,19)(H,21,22,23);;;;/q;2*+1;2*-1. The molecule has 27 heavy (non-hydrogen) atoms. The molecule has 0 aliphatic rings. The van der Waals surface area contributed by atoms with Crippen LogP contribution in [0.1, 0.15) is 86.8 Å². The fraction of sp³-hybridized carbons (Fsp3) is 0.882. The number of esters is 1. The maximum atomic E-state index is 11.6. The number of hydrogen-bond donors (Lipinski definition) is 2. The van der Waals surface area contributed by atoms with Crippen molar-refractivity contribution in [2.75, 3.05) is 6.61 Å². The Morgan fingerprint density at radius 1 is 0.889 bits per heavy atom. The van der Waals surface area contributed by atoms with E-state index in [2.05, 4.69) is 6.92 Å². The minimum Gasteiger partial charge on any atom is -1.00 e. The van der Waals surface area contributed by atoms with Crippen molar-refractivity contribution >= 4 is 22.1 Å². The number of carbonyl (C=O) groups is 2. The van der Waals surface area contributed by atoms with Crippen LogP contribution in [-0.2, 0) is 24.4 Å². The number of aliphatic carboxylic acids is 1. The van der Waals surface area contributed by atoms with Crippen molar-refractivity contribution in [2.24, 2.45) is 0 Å². The van der Waals surface area contributed by atoms with E-state index in [-0.39, 0.29) is 68.6 Å². The second-order valence-electron chi connectivity index (χ2n) is 6.30. The summed E-state index contributed by atoms with van der Waals surface area (Å²) in [5.41, 5.74) is 0. The first kappa shape index (κ1) is 32.5. The van der Waals surface area contributed by atoms with Crippen LogP contribution >= 0.6 is 0 Å². The zero-order valence-electron chi connectivity index (χ0n) is 19.1. The molecule has 1 atom stereocenters. The van der Waals surface area contributed by atoms with Crippen LogP contribution in [0.3, 0.4) is 0 Å². The minimum atomic E-state index is -4.78. The van der Waals surface area contributed by atoms with E-state index in [0.29, 0.717) is 6.42 Å². The molecule has 7 nitrogen and oxygen atoms in total. The fourth-order valence-electron chi connectivity index (χ4n) is 2.50. The molecular weight excluding hydrogens is 394 g/mol. The molecule has 0 bridgehead atoms. The summed E-state index contributed by atoms with van der Waals surface area (Å²) in [6.07, 6.45) is 11.5. The summed E-state index contributed by atoms with van der Waals surface area (Å²) < 4.78 is 35.7. The van der Waals surface area contributed by atoms with Crippen LogP contribution in [0, 0.1) is 0 Å². The van der Waals surface area contributed by atoms with Gasteiger partial charge in [0.05, 0.1) is 13.0 Å². The smallest absolute Gasteiger partial charge is 1.00 e. The first-order chi connectivity index (χ1) is 11.8. The van der Waals surface area contributed by atoms with Crippen molar-refractivity contribution in [3.8, 4) is 0 Å². The molecule has 0 aromatic heterocycles. The molecule has 0 fully saturated rings. The molecule has 0 aromatic rings. The van der Waals surface area contributed by atoms with E-state index < -0.39 is 33.7 Å². The minimum absolute atomic E-state index is 0. The summed E-state index contributed by atoms with van der Waals surface area (Å²) in [5.74, 6) is -2.70. The molecule has 10 heteroatoms. The summed E-state index contributed by atoms with van der Waals surface area (Å²) in [4.78, 5) is 22.1. The summed E-state index contributed by atoms with van der Waals surface area (Å²) in [5, 5.41) is 6.53. The second kappa shape index (κ2) is 20.1. The molecule has 0 rings (SSSR count). The largest absolute Gasteiger partial charge is 1.00 e. The van der Waals surface area contributed by atoms with Crippen molar-refractivity contribution in [1.82, 2.24) is 0 Å². The van der Waals surface area contributed by atoms with Gasteiger partial charge in [-0.05, 0) is 6.42 Å². The Kier molecular flexibility index (Phi) is 24.2. The Morgan fingerprint density at radius 3 is 1.67 bits per heavy atom. The number of carboxylic acids is 1. The summed E-state index contributed by atoms with van der Waals surface area (Å²) in [6.45, 7) is 2.23. The molecule has 0 saturated carbocycles. The van der Waals surface area contributed by atoms with E-state index in [1.807, 2.05) is 0 Å². The van der Waals surface area contributed by atoms with Gasteiger partial charge in [-0.25, -0.2) is 0 Å². The Balaban J connectivity index is -0.000000480. The predicted molar refractivity (Wildman–Crippen MR) is 97.2 cm³/mol. The molecule has 0 aliphatic carbocycles. The average Bonchev–Trinajstić information content (AvgIpc) is 2.52. The van der Waals surface area contributed by atoms with Gasteiger partial charge in [-0.3, -0.25) is 14.1 Å². The molecule has 1 unspecified atom stereocenters. The van der Waals surface area contributed by atoms with Crippen LogP contribution in [0.15, 0.2) is 0 Å². The Morgan fingerprint density at radius 2 is 1.30 bits per heavy atom. The third kappa shape index (κ3) is 19.9. The van der Waals surface area contributed by atoms with Crippen molar-refractivity contribution in [3.63, 3.8) is 0 Å². The Bertz CT molecular complexity index is 494. The van der Waals surface area contributed by atoms with Gasteiger partial charge < -0.3 is 12.7 Å². The van der Waals surface area contributed by atoms with Gasteiger partial charge in [0.25, 0.3) is 10.1 Å². The van der Waals surface area contributed by atoms with Crippen LogP contribution in [0.2, 0.25) is 0 Å². The SMILES string of the molecule is CCCCCCCCCCCCCOC(=O)C(CC(=O)O)S(=O)(=O)O.[H-].[H-].[Na+].[Na+].